The number of fused-ring (bicyclic) bond motifs is 3. The van der Waals surface area contributed by atoms with Crippen molar-refractivity contribution in [2.24, 2.45) is 5.92 Å². The molecule has 0 aromatic heterocycles. The number of carbonyl (C=O) groups is 1. The lowest BCUT2D eigenvalue weighted by molar-refractivity contribution is -0.137. The maximum Gasteiger partial charge on any atom is 0.416 e. The smallest absolute Gasteiger partial charge is 0.365 e. The third-order valence-corrected chi connectivity index (χ3v) is 6.78. The first kappa shape index (κ1) is 23.5. The minimum Gasteiger partial charge on any atom is -0.365 e. The Bertz CT molecular complexity index is 992. The van der Waals surface area contributed by atoms with Crippen LogP contribution in [0.2, 0.25) is 0 Å². The first-order chi connectivity index (χ1) is 15.7. The summed E-state index contributed by atoms with van der Waals surface area (Å²) in [6.45, 7) is 6.45. The lowest BCUT2D eigenvalue weighted by Crippen LogP contribution is -2.61. The summed E-state index contributed by atoms with van der Waals surface area (Å²) in [5.41, 5.74) is 1.64. The number of rotatable bonds is 5. The van der Waals surface area contributed by atoms with E-state index >= 15 is 0 Å². The summed E-state index contributed by atoms with van der Waals surface area (Å²) in [5.74, 6) is -0.857. The summed E-state index contributed by atoms with van der Waals surface area (Å²) in [7, 11) is 0. The van der Waals surface area contributed by atoms with Crippen molar-refractivity contribution in [2.75, 3.05) is 24.5 Å². The Balaban J connectivity index is 1.61. The quantitative estimate of drug-likeness (QED) is 0.658. The molecule has 0 spiro atoms. The molecular formula is C25H29F4N3O. The zero-order chi connectivity index (χ0) is 23.8. The molecule has 0 saturated carbocycles. The Labute approximate surface area is 191 Å². The second kappa shape index (κ2) is 9.33. The number of piperazine rings is 1. The summed E-state index contributed by atoms with van der Waals surface area (Å²) in [6, 6.07) is 10.1. The predicted octanol–water partition coefficient (Wildman–Crippen LogP) is 4.62. The van der Waals surface area contributed by atoms with Crippen molar-refractivity contribution in [3.8, 4) is 0 Å². The van der Waals surface area contributed by atoms with Crippen LogP contribution in [0.1, 0.15) is 37.0 Å². The van der Waals surface area contributed by atoms with Gasteiger partial charge in [-0.15, -0.1) is 0 Å². The molecule has 2 aliphatic rings. The van der Waals surface area contributed by atoms with Crippen molar-refractivity contribution < 1.29 is 22.4 Å². The summed E-state index contributed by atoms with van der Waals surface area (Å²) in [6.07, 6.45) is -3.38. The molecule has 0 aliphatic carbocycles. The zero-order valence-corrected chi connectivity index (χ0v) is 18.8. The topological polar surface area (TPSA) is 35.6 Å². The van der Waals surface area contributed by atoms with Crippen LogP contribution in [-0.4, -0.2) is 42.5 Å². The number of hydrogen-bond acceptors (Lipinski definition) is 3. The van der Waals surface area contributed by atoms with Gasteiger partial charge in [0, 0.05) is 37.9 Å². The van der Waals surface area contributed by atoms with Gasteiger partial charge in [0.15, 0.2) is 0 Å². The fraction of sp³-hybridized carbons (Fsp3) is 0.480. The minimum atomic E-state index is -4.42. The second-order valence-corrected chi connectivity index (χ2v) is 9.09. The molecule has 8 heteroatoms. The van der Waals surface area contributed by atoms with Crippen LogP contribution >= 0.6 is 0 Å². The molecular weight excluding hydrogens is 434 g/mol. The van der Waals surface area contributed by atoms with Crippen molar-refractivity contribution >= 4 is 11.6 Å². The second-order valence-electron chi connectivity index (χ2n) is 9.09. The number of benzene rings is 2. The van der Waals surface area contributed by atoms with Crippen molar-refractivity contribution in [1.82, 2.24) is 10.2 Å². The van der Waals surface area contributed by atoms with Gasteiger partial charge in [0.1, 0.15) is 5.82 Å². The van der Waals surface area contributed by atoms with Gasteiger partial charge in [-0.1, -0.05) is 19.1 Å². The van der Waals surface area contributed by atoms with E-state index in [-0.39, 0.29) is 30.2 Å². The van der Waals surface area contributed by atoms with E-state index in [9.17, 15) is 22.4 Å². The summed E-state index contributed by atoms with van der Waals surface area (Å²) < 4.78 is 53.2. The van der Waals surface area contributed by atoms with Gasteiger partial charge in [0.2, 0.25) is 5.91 Å². The number of nitrogens with one attached hydrogen (secondary N) is 1. The molecule has 2 aromatic rings. The van der Waals surface area contributed by atoms with E-state index in [1.54, 1.807) is 18.2 Å². The van der Waals surface area contributed by atoms with Crippen LogP contribution in [-0.2, 0) is 23.9 Å². The minimum absolute atomic E-state index is 0.00670. The number of nitrogens with zero attached hydrogens (tertiary/aromatic N) is 2. The molecule has 1 amide bonds. The summed E-state index contributed by atoms with van der Waals surface area (Å²) >= 11 is 0. The Morgan fingerprint density at radius 1 is 1.15 bits per heavy atom. The summed E-state index contributed by atoms with van der Waals surface area (Å²) in [4.78, 5) is 17.5. The molecule has 0 radical (unpaired) electrons. The molecule has 3 atom stereocenters. The maximum absolute atomic E-state index is 13.3. The van der Waals surface area contributed by atoms with E-state index in [1.165, 1.54) is 18.2 Å². The number of alkyl halides is 3. The average molecular weight is 464 g/mol. The molecule has 1 fully saturated rings. The molecule has 33 heavy (non-hydrogen) atoms. The van der Waals surface area contributed by atoms with Gasteiger partial charge in [-0.3, -0.25) is 9.69 Å². The number of carbonyl (C=O) groups excluding carboxylic acids is 1. The van der Waals surface area contributed by atoms with Gasteiger partial charge < -0.3 is 10.2 Å². The highest BCUT2D eigenvalue weighted by atomic mass is 19.4. The molecule has 0 unspecified atom stereocenters. The molecule has 0 bridgehead atoms. The SMILES string of the molecule is CC[C@H](C)NC(=O)[C@@H]1Cc2cc(C(F)(F)F)ccc2N2CCN(Cc3ccc(F)cc3)C[C@@H]12. The van der Waals surface area contributed by atoms with Crippen molar-refractivity contribution in [2.45, 2.75) is 51.5 Å². The molecule has 2 aliphatic heterocycles. The highest BCUT2D eigenvalue weighted by molar-refractivity contribution is 5.82. The molecule has 178 valence electrons. The average Bonchev–Trinajstić information content (AvgIpc) is 2.78. The normalized spacial score (nSPS) is 21.8. The summed E-state index contributed by atoms with van der Waals surface area (Å²) in [5, 5.41) is 3.03. The van der Waals surface area contributed by atoms with E-state index in [0.717, 1.165) is 23.7 Å². The molecule has 1 saturated heterocycles. The fourth-order valence-corrected chi connectivity index (χ4v) is 4.80. The molecule has 4 rings (SSSR count). The van der Waals surface area contributed by atoms with Gasteiger partial charge in [-0.05, 0) is 61.2 Å². The first-order valence-electron chi connectivity index (χ1n) is 11.4. The van der Waals surface area contributed by atoms with Gasteiger partial charge in [0.05, 0.1) is 17.5 Å². The van der Waals surface area contributed by atoms with Crippen LogP contribution in [0.25, 0.3) is 0 Å². The van der Waals surface area contributed by atoms with Gasteiger partial charge in [0.25, 0.3) is 0 Å². The fourth-order valence-electron chi connectivity index (χ4n) is 4.80. The molecule has 2 aromatic carbocycles. The van der Waals surface area contributed by atoms with Gasteiger partial charge >= 0.3 is 6.18 Å². The number of hydrogen-bond donors (Lipinski definition) is 1. The highest BCUT2D eigenvalue weighted by Crippen LogP contribution is 2.40. The van der Waals surface area contributed by atoms with E-state index in [4.69, 9.17) is 0 Å². The van der Waals surface area contributed by atoms with Crippen molar-refractivity contribution in [3.63, 3.8) is 0 Å². The highest BCUT2D eigenvalue weighted by Gasteiger charge is 2.42. The first-order valence-corrected chi connectivity index (χ1v) is 11.4. The van der Waals surface area contributed by atoms with E-state index in [2.05, 4.69) is 15.1 Å². The van der Waals surface area contributed by atoms with Crippen molar-refractivity contribution in [3.05, 3.63) is 65.0 Å². The zero-order valence-electron chi connectivity index (χ0n) is 18.8. The van der Waals surface area contributed by atoms with Crippen LogP contribution in [0.5, 0.6) is 0 Å². The lowest BCUT2D eigenvalue weighted by Gasteiger charge is -2.49. The third kappa shape index (κ3) is 5.16. The largest absolute Gasteiger partial charge is 0.416 e. The van der Waals surface area contributed by atoms with Gasteiger partial charge in [-0.2, -0.15) is 13.2 Å². The standard InChI is InChI=1S/C25H29F4N3O/c1-3-16(2)30-24(33)21-13-18-12-19(25(27,28)29)6-9-22(18)32-11-10-31(15-23(21)32)14-17-4-7-20(26)8-5-17/h4-9,12,16,21,23H,3,10-11,13-15H2,1-2H3,(H,30,33)/t16-,21+,23-/m0/s1. The van der Waals surface area contributed by atoms with Gasteiger partial charge in [-0.25, -0.2) is 4.39 Å². The monoisotopic (exact) mass is 463 g/mol. The Morgan fingerprint density at radius 2 is 1.88 bits per heavy atom. The number of anilines is 1. The van der Waals surface area contributed by atoms with E-state index < -0.39 is 17.7 Å². The number of halogens is 4. The van der Waals surface area contributed by atoms with Crippen LogP contribution < -0.4 is 10.2 Å². The van der Waals surface area contributed by atoms with E-state index in [1.807, 2.05) is 13.8 Å². The Morgan fingerprint density at radius 3 is 2.55 bits per heavy atom. The number of amides is 1. The van der Waals surface area contributed by atoms with Crippen LogP contribution in [0.4, 0.5) is 23.2 Å². The Hall–Kier alpha value is -2.61. The molecule has 1 N–H and O–H groups in total. The molecule has 4 nitrogen and oxygen atoms in total. The van der Waals surface area contributed by atoms with Crippen LogP contribution in [0.3, 0.4) is 0 Å². The van der Waals surface area contributed by atoms with Crippen LogP contribution in [0, 0.1) is 11.7 Å². The lowest BCUT2D eigenvalue weighted by atomic mass is 9.82. The van der Waals surface area contributed by atoms with E-state index in [0.29, 0.717) is 31.7 Å². The Kier molecular flexibility index (Phi) is 6.66. The van der Waals surface area contributed by atoms with Crippen molar-refractivity contribution in [1.29, 1.82) is 0 Å². The van der Waals surface area contributed by atoms with Crippen LogP contribution in [0.15, 0.2) is 42.5 Å². The predicted molar refractivity (Wildman–Crippen MR) is 119 cm³/mol. The maximum atomic E-state index is 13.3. The third-order valence-electron chi connectivity index (χ3n) is 6.78. The molecule has 2 heterocycles.